The normalized spacial score (nSPS) is 15.2. The molecule has 0 aliphatic heterocycles. The molecule has 0 radical (unpaired) electrons. The molecule has 0 aromatic carbocycles. The van der Waals surface area contributed by atoms with Gasteiger partial charge in [0, 0.05) is 14.1 Å². The summed E-state index contributed by atoms with van der Waals surface area (Å²) >= 11 is 0. The molecule has 2 amide bonds. The molecule has 9 nitrogen and oxygen atoms in total. The van der Waals surface area contributed by atoms with Crippen molar-refractivity contribution in [3.63, 3.8) is 0 Å². The number of anilines is 2. The second-order valence-electron chi connectivity index (χ2n) is 7.08. The number of aromatic nitrogens is 2. The highest BCUT2D eigenvalue weighted by molar-refractivity contribution is 5.80. The lowest BCUT2D eigenvalue weighted by Crippen LogP contribution is -2.41. The van der Waals surface area contributed by atoms with E-state index in [-0.39, 0.29) is 30.4 Å². The molecule has 1 saturated carbocycles. The first-order valence-electron chi connectivity index (χ1n) is 9.12. The summed E-state index contributed by atoms with van der Waals surface area (Å²) in [4.78, 5) is 32.1. The van der Waals surface area contributed by atoms with Crippen molar-refractivity contribution in [2.75, 3.05) is 31.0 Å². The number of halogens is 2. The van der Waals surface area contributed by atoms with Gasteiger partial charge in [-0.1, -0.05) is 25.7 Å². The van der Waals surface area contributed by atoms with Crippen LogP contribution in [-0.2, 0) is 16.3 Å². The molecular weight excluding hydrogens is 374 g/mol. The summed E-state index contributed by atoms with van der Waals surface area (Å²) in [7, 11) is 3.09. The number of carbonyl (C=O) groups excluding carboxylic acids is 2. The molecule has 1 aromatic rings. The number of amides is 2. The first-order chi connectivity index (χ1) is 13.3. The molecule has 1 atom stereocenters. The first kappa shape index (κ1) is 21.7. The highest BCUT2D eigenvalue weighted by atomic mass is 19.1. The zero-order valence-electron chi connectivity index (χ0n) is 16.0. The van der Waals surface area contributed by atoms with Gasteiger partial charge in [-0.15, -0.1) is 0 Å². The van der Waals surface area contributed by atoms with E-state index in [1.807, 2.05) is 0 Å². The zero-order chi connectivity index (χ0) is 20.7. The Morgan fingerprint density at radius 2 is 2.04 bits per heavy atom. The van der Waals surface area contributed by atoms with Crippen LogP contribution in [0, 0.1) is 17.7 Å². The molecule has 11 heteroatoms. The standard InChI is InChI=1S/C17H26F2N6O3/c1-24(2)16-14(19)15(20-13(8-18)21-16)22-23-17(27)12(9-25(28)10-26)7-11-5-3-4-6-11/h10-12,28H,3-9H2,1-2H3,(H,23,27)(H,20,21,22)/t12-/m1/s1. The Labute approximate surface area is 162 Å². The smallest absolute Gasteiger partial charge is 0.243 e. The third-order valence-electron chi connectivity index (χ3n) is 4.72. The molecule has 0 unspecified atom stereocenters. The fourth-order valence-corrected chi connectivity index (χ4v) is 3.32. The first-order valence-corrected chi connectivity index (χ1v) is 9.12. The van der Waals surface area contributed by atoms with Gasteiger partial charge >= 0.3 is 0 Å². The van der Waals surface area contributed by atoms with Crippen molar-refractivity contribution < 1.29 is 23.6 Å². The van der Waals surface area contributed by atoms with E-state index < -0.39 is 24.3 Å². The van der Waals surface area contributed by atoms with Gasteiger partial charge in [-0.3, -0.25) is 25.6 Å². The molecule has 0 saturated heterocycles. The number of alkyl halides is 1. The van der Waals surface area contributed by atoms with E-state index in [1.165, 1.54) is 4.90 Å². The topological polar surface area (TPSA) is 111 Å². The zero-order valence-corrected chi connectivity index (χ0v) is 16.0. The molecule has 0 spiro atoms. The Morgan fingerprint density at radius 1 is 1.36 bits per heavy atom. The summed E-state index contributed by atoms with van der Waals surface area (Å²) < 4.78 is 27.5. The van der Waals surface area contributed by atoms with Crippen molar-refractivity contribution in [3.05, 3.63) is 11.6 Å². The van der Waals surface area contributed by atoms with Crippen LogP contribution in [0.2, 0.25) is 0 Å². The summed E-state index contributed by atoms with van der Waals surface area (Å²) in [6.45, 7) is -1.18. The van der Waals surface area contributed by atoms with Crippen LogP contribution >= 0.6 is 0 Å². The molecule has 1 aromatic heterocycles. The molecule has 1 fully saturated rings. The van der Waals surface area contributed by atoms with Gasteiger partial charge in [-0.2, -0.15) is 4.39 Å². The maximum absolute atomic E-state index is 14.5. The third kappa shape index (κ3) is 5.72. The van der Waals surface area contributed by atoms with Crippen LogP contribution < -0.4 is 15.8 Å². The van der Waals surface area contributed by atoms with Crippen LogP contribution in [0.1, 0.15) is 37.9 Å². The Bertz CT molecular complexity index is 685. The van der Waals surface area contributed by atoms with Gasteiger partial charge in [-0.05, 0) is 12.3 Å². The van der Waals surface area contributed by atoms with Gasteiger partial charge in [0.1, 0.15) is 6.67 Å². The molecule has 156 valence electrons. The van der Waals surface area contributed by atoms with Crippen LogP contribution in [-0.4, -0.2) is 53.2 Å². The molecule has 1 aliphatic carbocycles. The van der Waals surface area contributed by atoms with E-state index in [0.717, 1.165) is 25.7 Å². The second kappa shape index (κ2) is 10.1. The number of carbonyl (C=O) groups is 2. The van der Waals surface area contributed by atoms with E-state index in [0.29, 0.717) is 17.4 Å². The Morgan fingerprint density at radius 3 is 2.61 bits per heavy atom. The summed E-state index contributed by atoms with van der Waals surface area (Å²) in [5.74, 6) is -2.45. The van der Waals surface area contributed by atoms with Gasteiger partial charge in [0.05, 0.1) is 12.5 Å². The number of hydrogen-bond donors (Lipinski definition) is 3. The number of nitrogens with zero attached hydrogens (tertiary/aromatic N) is 4. The maximum Gasteiger partial charge on any atom is 0.243 e. The lowest BCUT2D eigenvalue weighted by atomic mass is 9.92. The van der Waals surface area contributed by atoms with E-state index in [1.54, 1.807) is 14.1 Å². The van der Waals surface area contributed by atoms with Crippen LogP contribution in [0.5, 0.6) is 0 Å². The van der Waals surface area contributed by atoms with Crippen LogP contribution in [0.4, 0.5) is 20.4 Å². The van der Waals surface area contributed by atoms with Gasteiger partial charge < -0.3 is 4.90 Å². The van der Waals surface area contributed by atoms with Crippen molar-refractivity contribution >= 4 is 24.0 Å². The Kier molecular flexibility index (Phi) is 7.85. The molecular formula is C17H26F2N6O3. The minimum atomic E-state index is -0.993. The average Bonchev–Trinajstić information content (AvgIpc) is 3.19. The Balaban J connectivity index is 2.10. The number of hydroxylamine groups is 2. The van der Waals surface area contributed by atoms with Crippen molar-refractivity contribution in [1.82, 2.24) is 20.5 Å². The minimum Gasteiger partial charge on any atom is -0.360 e. The van der Waals surface area contributed by atoms with Gasteiger partial charge in [-0.25, -0.2) is 19.4 Å². The van der Waals surface area contributed by atoms with E-state index in [4.69, 9.17) is 0 Å². The summed E-state index contributed by atoms with van der Waals surface area (Å²) in [6, 6.07) is 0. The third-order valence-corrected chi connectivity index (χ3v) is 4.72. The largest absolute Gasteiger partial charge is 0.360 e. The van der Waals surface area contributed by atoms with Gasteiger partial charge in [0.2, 0.25) is 18.1 Å². The van der Waals surface area contributed by atoms with Crippen molar-refractivity contribution in [3.8, 4) is 0 Å². The fraction of sp³-hybridized carbons (Fsp3) is 0.647. The highest BCUT2D eigenvalue weighted by Crippen LogP contribution is 2.30. The minimum absolute atomic E-state index is 0.121. The predicted molar refractivity (Wildman–Crippen MR) is 97.5 cm³/mol. The fourth-order valence-electron chi connectivity index (χ4n) is 3.32. The number of hydrazine groups is 1. The van der Waals surface area contributed by atoms with Crippen molar-refractivity contribution in [1.29, 1.82) is 0 Å². The van der Waals surface area contributed by atoms with Crippen LogP contribution in [0.15, 0.2) is 0 Å². The van der Waals surface area contributed by atoms with Crippen LogP contribution in [0.25, 0.3) is 0 Å². The number of hydrogen-bond acceptors (Lipinski definition) is 7. The lowest BCUT2D eigenvalue weighted by Gasteiger charge is -2.23. The Hall–Kier alpha value is -2.56. The monoisotopic (exact) mass is 400 g/mol. The van der Waals surface area contributed by atoms with E-state index in [2.05, 4.69) is 20.8 Å². The molecule has 1 aliphatic rings. The quantitative estimate of drug-likeness (QED) is 0.311. The average molecular weight is 400 g/mol. The maximum atomic E-state index is 14.5. The molecule has 0 bridgehead atoms. The molecule has 28 heavy (non-hydrogen) atoms. The second-order valence-corrected chi connectivity index (χ2v) is 7.08. The molecule has 2 rings (SSSR count). The summed E-state index contributed by atoms with van der Waals surface area (Å²) in [5.41, 5.74) is 4.72. The lowest BCUT2D eigenvalue weighted by molar-refractivity contribution is -0.154. The van der Waals surface area contributed by atoms with Gasteiger partial charge in [0.25, 0.3) is 0 Å². The van der Waals surface area contributed by atoms with E-state index >= 15 is 0 Å². The molecule has 3 N–H and O–H groups in total. The van der Waals surface area contributed by atoms with Crippen LogP contribution in [0.3, 0.4) is 0 Å². The highest BCUT2D eigenvalue weighted by Gasteiger charge is 2.27. The van der Waals surface area contributed by atoms with Gasteiger partial charge in [0.15, 0.2) is 17.5 Å². The predicted octanol–water partition coefficient (Wildman–Crippen LogP) is 1.64. The SMILES string of the molecule is CN(C)c1nc(CF)nc(NNC(=O)[C@H](CC2CCCC2)CN(O)C=O)c1F. The number of nitrogens with one attached hydrogen (secondary N) is 2. The molecule has 1 heterocycles. The summed E-state index contributed by atoms with van der Waals surface area (Å²) in [6.07, 6.45) is 4.85. The van der Waals surface area contributed by atoms with E-state index in [9.17, 15) is 23.6 Å². The summed E-state index contributed by atoms with van der Waals surface area (Å²) in [5, 5.41) is 9.90. The van der Waals surface area contributed by atoms with Crippen molar-refractivity contribution in [2.45, 2.75) is 38.8 Å². The number of rotatable bonds is 10. The van der Waals surface area contributed by atoms with Crippen molar-refractivity contribution in [2.24, 2.45) is 11.8 Å².